The number of carbonyl (C=O) groups is 1. The fourth-order valence-electron chi connectivity index (χ4n) is 1.38. The van der Waals surface area contributed by atoms with Gasteiger partial charge >= 0.3 is 5.97 Å². The minimum absolute atomic E-state index is 0.164. The van der Waals surface area contributed by atoms with Crippen LogP contribution in [0.25, 0.3) is 0 Å². The van der Waals surface area contributed by atoms with Crippen LogP contribution in [0.1, 0.15) is 15.9 Å². The van der Waals surface area contributed by atoms with E-state index in [0.29, 0.717) is 12.1 Å². The van der Waals surface area contributed by atoms with E-state index in [1.165, 1.54) is 24.8 Å². The molecule has 0 fully saturated rings. The van der Waals surface area contributed by atoms with Crippen molar-refractivity contribution >= 4 is 5.97 Å². The van der Waals surface area contributed by atoms with Crippen LogP contribution in [-0.4, -0.2) is 27.3 Å². The molecule has 1 aromatic carbocycles. The van der Waals surface area contributed by atoms with Crippen LogP contribution in [0.2, 0.25) is 0 Å². The van der Waals surface area contributed by atoms with E-state index >= 15 is 0 Å². The van der Waals surface area contributed by atoms with E-state index in [9.17, 15) is 9.18 Å². The van der Waals surface area contributed by atoms with Gasteiger partial charge in [-0.1, -0.05) is 6.07 Å². The van der Waals surface area contributed by atoms with Gasteiger partial charge in [-0.15, -0.1) is 0 Å². The molecule has 0 atom stereocenters. The molecule has 94 valence electrons. The number of aromatic nitrogens is 3. The third kappa shape index (κ3) is 2.91. The topological polar surface area (TPSA) is 57.0 Å². The Bertz CT molecular complexity index is 540. The molecule has 18 heavy (non-hydrogen) atoms. The molecule has 0 amide bonds. The van der Waals surface area contributed by atoms with Crippen LogP contribution in [0, 0.1) is 12.7 Å². The minimum atomic E-state index is -0.547. The lowest BCUT2D eigenvalue weighted by Crippen LogP contribution is -2.12. The normalized spacial score (nSPS) is 10.3. The summed E-state index contributed by atoms with van der Waals surface area (Å²) >= 11 is 0. The van der Waals surface area contributed by atoms with E-state index in [-0.39, 0.29) is 12.2 Å². The lowest BCUT2D eigenvalue weighted by atomic mass is 10.1. The highest BCUT2D eigenvalue weighted by atomic mass is 19.1. The zero-order valence-corrected chi connectivity index (χ0v) is 9.84. The van der Waals surface area contributed by atoms with Gasteiger partial charge in [-0.3, -0.25) is 0 Å². The molecule has 0 spiro atoms. The zero-order chi connectivity index (χ0) is 13.0. The van der Waals surface area contributed by atoms with Crippen LogP contribution in [-0.2, 0) is 11.3 Å². The van der Waals surface area contributed by atoms with E-state index < -0.39 is 11.8 Å². The Morgan fingerprint density at radius 3 is 3.00 bits per heavy atom. The minimum Gasteiger partial charge on any atom is -0.460 e. The Labute approximate surface area is 103 Å². The van der Waals surface area contributed by atoms with Crippen LogP contribution >= 0.6 is 0 Å². The summed E-state index contributed by atoms with van der Waals surface area (Å²) in [6, 6.07) is 4.26. The molecule has 0 aliphatic rings. The summed E-state index contributed by atoms with van der Waals surface area (Å²) in [5.74, 6) is -0.963. The lowest BCUT2D eigenvalue weighted by Gasteiger charge is -2.05. The van der Waals surface area contributed by atoms with Gasteiger partial charge in [0.25, 0.3) is 0 Å². The maximum Gasteiger partial charge on any atom is 0.338 e. The molecule has 1 heterocycles. The molecule has 0 aliphatic carbocycles. The Balaban J connectivity index is 1.89. The number of benzene rings is 1. The number of ether oxygens (including phenoxy) is 1. The smallest absolute Gasteiger partial charge is 0.338 e. The van der Waals surface area contributed by atoms with Gasteiger partial charge in [0.2, 0.25) is 0 Å². The lowest BCUT2D eigenvalue weighted by molar-refractivity contribution is 0.0487. The fourth-order valence-corrected chi connectivity index (χ4v) is 1.38. The summed E-state index contributed by atoms with van der Waals surface area (Å²) in [4.78, 5) is 15.4. The van der Waals surface area contributed by atoms with Crippen molar-refractivity contribution in [2.24, 2.45) is 0 Å². The first-order valence-corrected chi connectivity index (χ1v) is 5.42. The molecule has 0 saturated carbocycles. The molecule has 0 N–H and O–H groups in total. The predicted octanol–water partition coefficient (Wildman–Crippen LogP) is 1.58. The second kappa shape index (κ2) is 5.39. The molecular weight excluding hydrogens is 237 g/mol. The van der Waals surface area contributed by atoms with Crippen molar-refractivity contribution < 1.29 is 13.9 Å². The van der Waals surface area contributed by atoms with E-state index in [1.807, 2.05) is 0 Å². The van der Waals surface area contributed by atoms with E-state index in [4.69, 9.17) is 4.74 Å². The quantitative estimate of drug-likeness (QED) is 0.772. The van der Waals surface area contributed by atoms with Gasteiger partial charge in [0.1, 0.15) is 25.1 Å². The standard InChI is InChI=1S/C12H12FN3O2/c1-9-2-3-10(6-11(9)13)12(17)18-5-4-16-8-14-7-15-16/h2-3,6-8H,4-5H2,1H3. The van der Waals surface area contributed by atoms with Gasteiger partial charge in [-0.25, -0.2) is 18.9 Å². The molecule has 0 bridgehead atoms. The first-order valence-electron chi connectivity index (χ1n) is 5.42. The largest absolute Gasteiger partial charge is 0.460 e. The Kier molecular flexibility index (Phi) is 3.66. The van der Waals surface area contributed by atoms with Crippen LogP contribution < -0.4 is 0 Å². The highest BCUT2D eigenvalue weighted by Gasteiger charge is 2.09. The molecule has 2 rings (SSSR count). The third-order valence-electron chi connectivity index (χ3n) is 2.43. The number of rotatable bonds is 4. The molecule has 5 nitrogen and oxygen atoms in total. The van der Waals surface area contributed by atoms with Gasteiger partial charge < -0.3 is 4.74 Å². The molecule has 2 aromatic rings. The Morgan fingerprint density at radius 2 is 2.33 bits per heavy atom. The summed E-state index contributed by atoms with van der Waals surface area (Å²) in [5.41, 5.74) is 0.700. The average molecular weight is 249 g/mol. The monoisotopic (exact) mass is 249 g/mol. The summed E-state index contributed by atoms with van der Waals surface area (Å²) < 4.78 is 19.8. The van der Waals surface area contributed by atoms with Gasteiger partial charge in [0.15, 0.2) is 0 Å². The third-order valence-corrected chi connectivity index (χ3v) is 2.43. The summed E-state index contributed by atoms with van der Waals surface area (Å²) in [6.07, 6.45) is 2.93. The predicted molar refractivity (Wildman–Crippen MR) is 61.4 cm³/mol. The van der Waals surface area contributed by atoms with Gasteiger partial charge in [-0.05, 0) is 24.6 Å². The number of aryl methyl sites for hydroxylation is 1. The summed E-state index contributed by atoms with van der Waals surface area (Å²) in [6.45, 7) is 2.22. The van der Waals surface area contributed by atoms with Crippen LogP contribution in [0.4, 0.5) is 4.39 Å². The summed E-state index contributed by atoms with van der Waals surface area (Å²) in [5, 5.41) is 3.87. The van der Waals surface area contributed by atoms with Gasteiger partial charge in [0.05, 0.1) is 12.1 Å². The molecule has 0 saturated heterocycles. The molecule has 6 heteroatoms. The molecule has 0 aliphatic heterocycles. The molecule has 0 unspecified atom stereocenters. The highest BCUT2D eigenvalue weighted by molar-refractivity contribution is 5.89. The van der Waals surface area contributed by atoms with Crippen molar-refractivity contribution in [3.63, 3.8) is 0 Å². The van der Waals surface area contributed by atoms with Crippen molar-refractivity contribution in [1.82, 2.24) is 14.8 Å². The maximum atomic E-state index is 13.3. The first kappa shape index (κ1) is 12.2. The molecule has 0 radical (unpaired) electrons. The maximum absolute atomic E-state index is 13.3. The van der Waals surface area contributed by atoms with Crippen LogP contribution in [0.3, 0.4) is 0 Å². The van der Waals surface area contributed by atoms with Crippen LogP contribution in [0.15, 0.2) is 30.9 Å². The highest BCUT2D eigenvalue weighted by Crippen LogP contribution is 2.10. The number of carbonyl (C=O) groups excluding carboxylic acids is 1. The van der Waals surface area contributed by atoms with Crippen molar-refractivity contribution in [3.05, 3.63) is 47.8 Å². The zero-order valence-electron chi connectivity index (χ0n) is 9.84. The first-order chi connectivity index (χ1) is 8.66. The van der Waals surface area contributed by atoms with E-state index in [0.717, 1.165) is 0 Å². The Morgan fingerprint density at radius 1 is 1.50 bits per heavy atom. The van der Waals surface area contributed by atoms with E-state index in [1.54, 1.807) is 17.7 Å². The van der Waals surface area contributed by atoms with Crippen molar-refractivity contribution in [2.75, 3.05) is 6.61 Å². The number of halogens is 1. The number of hydrogen-bond acceptors (Lipinski definition) is 4. The second-order valence-electron chi connectivity index (χ2n) is 3.76. The van der Waals surface area contributed by atoms with Gasteiger partial charge in [-0.2, -0.15) is 5.10 Å². The average Bonchev–Trinajstić information content (AvgIpc) is 2.85. The fraction of sp³-hybridized carbons (Fsp3) is 0.250. The van der Waals surface area contributed by atoms with Crippen molar-refractivity contribution in [2.45, 2.75) is 13.5 Å². The number of hydrogen-bond donors (Lipinski definition) is 0. The molecular formula is C12H12FN3O2. The van der Waals surface area contributed by atoms with Crippen LogP contribution in [0.5, 0.6) is 0 Å². The van der Waals surface area contributed by atoms with E-state index in [2.05, 4.69) is 10.1 Å². The Hall–Kier alpha value is -2.24. The van der Waals surface area contributed by atoms with Crippen molar-refractivity contribution in [1.29, 1.82) is 0 Å². The second-order valence-corrected chi connectivity index (χ2v) is 3.76. The molecule has 1 aromatic heterocycles. The van der Waals surface area contributed by atoms with Gasteiger partial charge in [0, 0.05) is 0 Å². The summed E-state index contributed by atoms with van der Waals surface area (Å²) in [7, 11) is 0. The number of nitrogens with zero attached hydrogens (tertiary/aromatic N) is 3. The SMILES string of the molecule is Cc1ccc(C(=O)OCCn2cncn2)cc1F. The number of esters is 1. The van der Waals surface area contributed by atoms with Crippen molar-refractivity contribution in [3.8, 4) is 0 Å².